The molecule has 2 amide bonds. The average molecular weight is 334 g/mol. The third-order valence-electron chi connectivity index (χ3n) is 4.54. The van der Waals surface area contributed by atoms with Crippen molar-refractivity contribution in [3.05, 3.63) is 29.3 Å². The summed E-state index contributed by atoms with van der Waals surface area (Å²) in [5.74, 6) is 1.03. The highest BCUT2D eigenvalue weighted by Gasteiger charge is 2.39. The van der Waals surface area contributed by atoms with Gasteiger partial charge in [0.25, 0.3) is 5.91 Å². The Morgan fingerprint density at radius 1 is 1.35 bits per heavy atom. The molecule has 2 aliphatic rings. The molecule has 2 heterocycles. The quantitative estimate of drug-likeness (QED) is 0.922. The molecule has 1 aromatic carbocycles. The van der Waals surface area contributed by atoms with Gasteiger partial charge in [0.1, 0.15) is 12.1 Å². The van der Waals surface area contributed by atoms with Gasteiger partial charge < -0.3 is 15.0 Å². The summed E-state index contributed by atoms with van der Waals surface area (Å²) in [6.45, 7) is 4.64. The van der Waals surface area contributed by atoms with Gasteiger partial charge in [0, 0.05) is 18.0 Å². The number of hydrogen-bond acceptors (Lipinski definition) is 4. The Morgan fingerprint density at radius 3 is 2.91 bits per heavy atom. The Morgan fingerprint density at radius 2 is 2.17 bits per heavy atom. The van der Waals surface area contributed by atoms with E-state index >= 15 is 0 Å². The number of aryl methyl sites for hydroxylation is 1. The van der Waals surface area contributed by atoms with Gasteiger partial charge in [0.2, 0.25) is 5.91 Å². The van der Waals surface area contributed by atoms with Crippen molar-refractivity contribution >= 4 is 29.3 Å². The van der Waals surface area contributed by atoms with E-state index in [1.807, 2.05) is 32.0 Å². The van der Waals surface area contributed by atoms with Gasteiger partial charge in [-0.25, -0.2) is 0 Å². The molecule has 0 aromatic heterocycles. The van der Waals surface area contributed by atoms with Crippen molar-refractivity contribution in [3.8, 4) is 0 Å². The fourth-order valence-corrected chi connectivity index (χ4v) is 4.10. The first-order valence-electron chi connectivity index (χ1n) is 7.95. The van der Waals surface area contributed by atoms with Crippen LogP contribution < -0.4 is 5.32 Å². The zero-order valence-electron chi connectivity index (χ0n) is 13.5. The Hall–Kier alpha value is -1.53. The molecule has 0 spiro atoms. The van der Waals surface area contributed by atoms with Gasteiger partial charge in [0.15, 0.2) is 0 Å². The van der Waals surface area contributed by atoms with Crippen LogP contribution in [0.3, 0.4) is 0 Å². The van der Waals surface area contributed by atoms with E-state index in [9.17, 15) is 9.59 Å². The molecule has 2 fully saturated rings. The molecule has 0 bridgehead atoms. The van der Waals surface area contributed by atoms with Crippen molar-refractivity contribution in [2.75, 3.05) is 23.6 Å². The standard InChI is InChI=1S/C17H22N2O3S/c1-11-5-3-6-13(12(11)2)18-16(20)14-9-23-10-19(14)17(21)15-7-4-8-22-15/h3,5-6,14-15H,4,7-10H2,1-2H3,(H,18,20)/t14-,15-/m0/s1. The lowest BCUT2D eigenvalue weighted by molar-refractivity contribution is -0.144. The number of benzene rings is 1. The van der Waals surface area contributed by atoms with Gasteiger partial charge in [0.05, 0.1) is 5.88 Å². The molecule has 1 aromatic rings. The Balaban J connectivity index is 1.70. The van der Waals surface area contributed by atoms with E-state index in [1.54, 1.807) is 16.7 Å². The molecule has 0 aliphatic carbocycles. The maximum atomic E-state index is 12.6. The van der Waals surface area contributed by atoms with E-state index in [0.717, 1.165) is 29.7 Å². The van der Waals surface area contributed by atoms with Crippen molar-refractivity contribution in [2.45, 2.75) is 38.8 Å². The molecule has 23 heavy (non-hydrogen) atoms. The third kappa shape index (κ3) is 3.38. The maximum absolute atomic E-state index is 12.6. The SMILES string of the molecule is Cc1cccc(NC(=O)[C@@H]2CSCN2C(=O)[C@@H]2CCCO2)c1C. The molecule has 2 atom stereocenters. The van der Waals surface area contributed by atoms with Crippen LogP contribution in [-0.4, -0.2) is 47.1 Å². The molecule has 0 radical (unpaired) electrons. The van der Waals surface area contributed by atoms with Crippen molar-refractivity contribution in [3.63, 3.8) is 0 Å². The van der Waals surface area contributed by atoms with Gasteiger partial charge in [-0.2, -0.15) is 0 Å². The summed E-state index contributed by atoms with van der Waals surface area (Å²) in [7, 11) is 0. The van der Waals surface area contributed by atoms with Gasteiger partial charge in [-0.3, -0.25) is 9.59 Å². The van der Waals surface area contributed by atoms with Gasteiger partial charge in [-0.1, -0.05) is 12.1 Å². The topological polar surface area (TPSA) is 58.6 Å². The van der Waals surface area contributed by atoms with Crippen molar-refractivity contribution in [1.82, 2.24) is 4.90 Å². The molecule has 0 unspecified atom stereocenters. The van der Waals surface area contributed by atoms with Crippen LogP contribution in [0.1, 0.15) is 24.0 Å². The number of thioether (sulfide) groups is 1. The van der Waals surface area contributed by atoms with Gasteiger partial charge >= 0.3 is 0 Å². The summed E-state index contributed by atoms with van der Waals surface area (Å²) in [5, 5.41) is 2.98. The second-order valence-corrected chi connectivity index (χ2v) is 7.06. The lowest BCUT2D eigenvalue weighted by Gasteiger charge is -2.25. The number of nitrogens with one attached hydrogen (secondary N) is 1. The summed E-state index contributed by atoms with van der Waals surface area (Å²) in [6.07, 6.45) is 1.30. The van der Waals surface area contributed by atoms with E-state index in [0.29, 0.717) is 18.2 Å². The van der Waals surface area contributed by atoms with Crippen LogP contribution in [0, 0.1) is 13.8 Å². The molecule has 6 heteroatoms. The zero-order valence-corrected chi connectivity index (χ0v) is 14.3. The molecule has 1 N–H and O–H groups in total. The first-order valence-corrected chi connectivity index (χ1v) is 9.10. The number of carbonyl (C=O) groups is 2. The summed E-state index contributed by atoms with van der Waals surface area (Å²) >= 11 is 1.61. The highest BCUT2D eigenvalue weighted by atomic mass is 32.2. The first kappa shape index (κ1) is 16.3. The number of ether oxygens (including phenoxy) is 1. The van der Waals surface area contributed by atoms with Crippen LogP contribution in [0.2, 0.25) is 0 Å². The average Bonchev–Trinajstić information content (AvgIpc) is 3.21. The molecule has 5 nitrogen and oxygen atoms in total. The lowest BCUT2D eigenvalue weighted by Crippen LogP contribution is -2.48. The van der Waals surface area contributed by atoms with Gasteiger partial charge in [-0.05, 0) is 43.9 Å². The number of carbonyl (C=O) groups excluding carboxylic acids is 2. The largest absolute Gasteiger partial charge is 0.368 e. The molecule has 2 saturated heterocycles. The van der Waals surface area contributed by atoms with Crippen LogP contribution in [-0.2, 0) is 14.3 Å². The smallest absolute Gasteiger partial charge is 0.253 e. The zero-order chi connectivity index (χ0) is 16.4. The number of amides is 2. The number of rotatable bonds is 3. The molecule has 2 aliphatic heterocycles. The molecular weight excluding hydrogens is 312 g/mol. The third-order valence-corrected chi connectivity index (χ3v) is 5.55. The van der Waals surface area contributed by atoms with Crippen LogP contribution in [0.15, 0.2) is 18.2 Å². The normalized spacial score (nSPS) is 24.0. The highest BCUT2D eigenvalue weighted by Crippen LogP contribution is 2.26. The van der Waals surface area contributed by atoms with Crippen LogP contribution in [0.25, 0.3) is 0 Å². The van der Waals surface area contributed by atoms with Crippen LogP contribution in [0.5, 0.6) is 0 Å². The highest BCUT2D eigenvalue weighted by molar-refractivity contribution is 7.99. The predicted molar refractivity (Wildman–Crippen MR) is 91.5 cm³/mol. The second kappa shape index (κ2) is 6.93. The van der Waals surface area contributed by atoms with Crippen LogP contribution >= 0.6 is 11.8 Å². The molecule has 0 saturated carbocycles. The molecule has 3 rings (SSSR count). The van der Waals surface area contributed by atoms with Crippen LogP contribution in [0.4, 0.5) is 5.69 Å². The number of hydrogen-bond donors (Lipinski definition) is 1. The van der Waals surface area contributed by atoms with E-state index < -0.39 is 6.04 Å². The van der Waals surface area contributed by atoms with E-state index in [2.05, 4.69) is 5.32 Å². The minimum absolute atomic E-state index is 0.0476. The second-order valence-electron chi connectivity index (χ2n) is 6.06. The van der Waals surface area contributed by atoms with Gasteiger partial charge in [-0.15, -0.1) is 11.8 Å². The van der Waals surface area contributed by atoms with E-state index in [1.165, 1.54) is 0 Å². The fourth-order valence-electron chi connectivity index (χ4n) is 2.94. The Labute approximate surface area is 140 Å². The Bertz CT molecular complexity index is 614. The monoisotopic (exact) mass is 334 g/mol. The summed E-state index contributed by atoms with van der Waals surface area (Å²) in [6, 6.07) is 5.42. The fraction of sp³-hybridized carbons (Fsp3) is 0.529. The molecular formula is C17H22N2O3S. The van der Waals surface area contributed by atoms with Crippen molar-refractivity contribution in [2.24, 2.45) is 0 Å². The molecule has 124 valence electrons. The lowest BCUT2D eigenvalue weighted by atomic mass is 10.1. The first-order chi connectivity index (χ1) is 11.1. The van der Waals surface area contributed by atoms with E-state index in [-0.39, 0.29) is 17.9 Å². The minimum atomic E-state index is -0.420. The number of nitrogens with zero attached hydrogens (tertiary/aromatic N) is 1. The van der Waals surface area contributed by atoms with Crippen molar-refractivity contribution < 1.29 is 14.3 Å². The summed E-state index contributed by atoms with van der Waals surface area (Å²) in [4.78, 5) is 26.9. The Kier molecular flexibility index (Phi) is 4.92. The maximum Gasteiger partial charge on any atom is 0.253 e. The predicted octanol–water partition coefficient (Wildman–Crippen LogP) is 2.32. The summed E-state index contributed by atoms with van der Waals surface area (Å²) in [5.41, 5.74) is 3.01. The van der Waals surface area contributed by atoms with E-state index in [4.69, 9.17) is 4.74 Å². The number of anilines is 1. The van der Waals surface area contributed by atoms with Crippen molar-refractivity contribution in [1.29, 1.82) is 0 Å². The summed E-state index contributed by atoms with van der Waals surface area (Å²) < 4.78 is 5.48. The minimum Gasteiger partial charge on any atom is -0.368 e.